The molecule has 0 saturated carbocycles. The maximum atomic E-state index is 11.3. The van der Waals surface area contributed by atoms with Crippen molar-refractivity contribution in [2.75, 3.05) is 34.8 Å². The Hall–Kier alpha value is -1.28. The minimum Gasteiger partial charge on any atom is -0.448 e. The second-order valence-electron chi connectivity index (χ2n) is 4.00. The van der Waals surface area contributed by atoms with Gasteiger partial charge in [0.1, 0.15) is 14.1 Å². The van der Waals surface area contributed by atoms with E-state index < -0.39 is 7.25 Å². The first-order valence-electron chi connectivity index (χ1n) is 5.72. The monoisotopic (exact) mass is 288 g/mol. The Kier molecular flexibility index (Phi) is 10.2. The van der Waals surface area contributed by atoms with E-state index in [1.165, 1.54) is 0 Å². The summed E-state index contributed by atoms with van der Waals surface area (Å²) in [5, 5.41) is 0. The molecule has 0 heterocycles. The SMILES string of the molecule is CCOC(CCC(=O)N(C)C)=[N+](C)C.F[B-](F)(F)F. The molecule has 0 fully saturated rings. The Bertz CT molecular complexity index is 296. The maximum absolute atomic E-state index is 11.3. The predicted molar refractivity (Wildman–Crippen MR) is 66.9 cm³/mol. The van der Waals surface area contributed by atoms with Gasteiger partial charge in [-0.3, -0.25) is 4.79 Å². The molecule has 0 radical (unpaired) electrons. The quantitative estimate of drug-likeness (QED) is 0.260. The van der Waals surface area contributed by atoms with Crippen molar-refractivity contribution in [1.82, 2.24) is 4.90 Å². The van der Waals surface area contributed by atoms with Gasteiger partial charge in [0, 0.05) is 20.5 Å². The average molecular weight is 288 g/mol. The first-order chi connectivity index (χ1) is 8.49. The summed E-state index contributed by atoms with van der Waals surface area (Å²) in [5.41, 5.74) is 0. The van der Waals surface area contributed by atoms with E-state index in [1.807, 2.05) is 25.6 Å². The lowest BCUT2D eigenvalue weighted by Gasteiger charge is -2.09. The lowest BCUT2D eigenvalue weighted by Crippen LogP contribution is -2.24. The minimum absolute atomic E-state index is 0.129. The van der Waals surface area contributed by atoms with Gasteiger partial charge in [-0.1, -0.05) is 0 Å². The van der Waals surface area contributed by atoms with Gasteiger partial charge in [-0.25, -0.2) is 4.58 Å². The van der Waals surface area contributed by atoms with E-state index in [-0.39, 0.29) is 5.91 Å². The molecule has 9 heteroatoms. The van der Waals surface area contributed by atoms with Gasteiger partial charge in [0.15, 0.2) is 0 Å². The fourth-order valence-corrected chi connectivity index (χ4v) is 1.03. The van der Waals surface area contributed by atoms with Crippen molar-refractivity contribution in [2.24, 2.45) is 0 Å². The van der Waals surface area contributed by atoms with Crippen molar-refractivity contribution >= 4 is 19.1 Å². The smallest absolute Gasteiger partial charge is 0.448 e. The van der Waals surface area contributed by atoms with Crippen molar-refractivity contribution in [1.29, 1.82) is 0 Å². The molecular formula is C10H21BF4N2O2. The molecule has 0 saturated heterocycles. The van der Waals surface area contributed by atoms with Crippen LogP contribution in [0.1, 0.15) is 19.8 Å². The number of nitrogens with zero attached hydrogens (tertiary/aromatic N) is 2. The van der Waals surface area contributed by atoms with Crippen molar-refractivity contribution in [3.63, 3.8) is 0 Å². The van der Waals surface area contributed by atoms with Gasteiger partial charge in [-0.2, -0.15) is 0 Å². The van der Waals surface area contributed by atoms with Crippen LogP contribution in [0.4, 0.5) is 17.3 Å². The molecule has 0 aliphatic heterocycles. The maximum Gasteiger partial charge on any atom is 0.673 e. The predicted octanol–water partition coefficient (Wildman–Crippen LogP) is 1.86. The molecule has 1 amide bonds. The molecule has 0 bridgehead atoms. The normalized spacial score (nSPS) is 10.2. The molecule has 0 aliphatic carbocycles. The van der Waals surface area contributed by atoms with Crippen LogP contribution in [0, 0.1) is 0 Å². The Morgan fingerprint density at radius 1 is 1.16 bits per heavy atom. The second kappa shape index (κ2) is 9.63. The number of hydrogen-bond acceptors (Lipinski definition) is 2. The van der Waals surface area contributed by atoms with Gasteiger partial charge < -0.3 is 26.9 Å². The summed E-state index contributed by atoms with van der Waals surface area (Å²) in [5.74, 6) is 0.992. The Balaban J connectivity index is 0. The molecule has 114 valence electrons. The molecule has 0 aromatic carbocycles. The molecule has 0 spiro atoms. The standard InChI is InChI=1S/C10H21N2O2.BF4/c1-6-14-10(12(4)5)8-7-9(13)11(2)3;2-1(3,4)5/h6-8H2,1-5H3;/q+1;-1. The molecule has 0 atom stereocenters. The Morgan fingerprint density at radius 2 is 1.58 bits per heavy atom. The number of rotatable bonds is 4. The zero-order chi connectivity index (χ0) is 15.6. The van der Waals surface area contributed by atoms with E-state index in [0.29, 0.717) is 19.4 Å². The number of ether oxygens (including phenoxy) is 1. The molecule has 0 aromatic rings. The van der Waals surface area contributed by atoms with Crippen LogP contribution in [0.25, 0.3) is 0 Å². The molecule has 19 heavy (non-hydrogen) atoms. The van der Waals surface area contributed by atoms with Crippen molar-refractivity contribution < 1.29 is 31.4 Å². The summed E-state index contributed by atoms with van der Waals surface area (Å²) in [6.45, 7) is 2.58. The number of halogens is 4. The van der Waals surface area contributed by atoms with E-state index in [2.05, 4.69) is 0 Å². The van der Waals surface area contributed by atoms with Gasteiger partial charge in [0.2, 0.25) is 5.91 Å². The number of hydrogen-bond donors (Lipinski definition) is 0. The summed E-state index contributed by atoms with van der Waals surface area (Å²) in [4.78, 5) is 12.9. The molecule has 4 nitrogen and oxygen atoms in total. The zero-order valence-electron chi connectivity index (χ0n) is 11.9. The molecule has 0 aliphatic rings. The molecule has 0 aromatic heterocycles. The lowest BCUT2D eigenvalue weighted by molar-refractivity contribution is -0.475. The number of carbonyl (C=O) groups is 1. The van der Waals surface area contributed by atoms with Gasteiger partial charge >= 0.3 is 13.2 Å². The van der Waals surface area contributed by atoms with E-state index in [9.17, 15) is 22.1 Å². The second-order valence-corrected chi connectivity index (χ2v) is 4.00. The first kappa shape index (κ1) is 20.1. The van der Waals surface area contributed by atoms with Crippen LogP contribution < -0.4 is 0 Å². The summed E-state index contributed by atoms with van der Waals surface area (Å²) < 4.78 is 46.3. The average Bonchev–Trinajstić information content (AvgIpc) is 2.20. The van der Waals surface area contributed by atoms with Crippen LogP contribution in [-0.2, 0) is 9.53 Å². The van der Waals surface area contributed by atoms with E-state index in [4.69, 9.17) is 4.74 Å². The highest BCUT2D eigenvalue weighted by atomic mass is 19.5. The highest BCUT2D eigenvalue weighted by Crippen LogP contribution is 2.06. The highest BCUT2D eigenvalue weighted by Gasteiger charge is 2.20. The zero-order valence-corrected chi connectivity index (χ0v) is 11.9. The largest absolute Gasteiger partial charge is 0.673 e. The van der Waals surface area contributed by atoms with Crippen LogP contribution in [-0.4, -0.2) is 63.3 Å². The van der Waals surface area contributed by atoms with Gasteiger partial charge in [-0.05, 0) is 6.92 Å². The topological polar surface area (TPSA) is 32.5 Å². The van der Waals surface area contributed by atoms with Crippen molar-refractivity contribution in [2.45, 2.75) is 19.8 Å². The molecular weight excluding hydrogens is 267 g/mol. The summed E-state index contributed by atoms with van der Waals surface area (Å²) >= 11 is 0. The van der Waals surface area contributed by atoms with Crippen LogP contribution in [0.5, 0.6) is 0 Å². The van der Waals surface area contributed by atoms with Crippen LogP contribution >= 0.6 is 0 Å². The first-order valence-corrected chi connectivity index (χ1v) is 5.72. The molecule has 0 rings (SSSR count). The minimum atomic E-state index is -6.00. The van der Waals surface area contributed by atoms with Crippen molar-refractivity contribution in [3.05, 3.63) is 0 Å². The molecule has 0 N–H and O–H groups in total. The third-order valence-corrected chi connectivity index (χ3v) is 1.86. The molecule has 0 unspecified atom stereocenters. The highest BCUT2D eigenvalue weighted by molar-refractivity contribution is 6.50. The van der Waals surface area contributed by atoms with Crippen LogP contribution in [0.3, 0.4) is 0 Å². The Labute approximate surface area is 111 Å². The third-order valence-electron chi connectivity index (χ3n) is 1.86. The van der Waals surface area contributed by atoms with E-state index >= 15 is 0 Å². The summed E-state index contributed by atoms with van der Waals surface area (Å²) in [6, 6.07) is 0. The number of amides is 1. The van der Waals surface area contributed by atoms with E-state index in [0.717, 1.165) is 5.90 Å². The fraction of sp³-hybridized carbons (Fsp3) is 0.800. The summed E-state index contributed by atoms with van der Waals surface area (Å²) in [7, 11) is 1.37. The van der Waals surface area contributed by atoms with Crippen molar-refractivity contribution in [3.8, 4) is 0 Å². The van der Waals surface area contributed by atoms with Gasteiger partial charge in [0.05, 0.1) is 13.0 Å². The third kappa shape index (κ3) is 16.7. The van der Waals surface area contributed by atoms with E-state index in [1.54, 1.807) is 19.0 Å². The van der Waals surface area contributed by atoms with Crippen LogP contribution in [0.2, 0.25) is 0 Å². The fourth-order valence-electron chi connectivity index (χ4n) is 1.03. The summed E-state index contributed by atoms with van der Waals surface area (Å²) in [6.07, 6.45) is 1.17. The Morgan fingerprint density at radius 3 is 1.84 bits per heavy atom. The lowest BCUT2D eigenvalue weighted by atomic mass is 10.3. The number of carbonyl (C=O) groups excluding carboxylic acids is 1. The van der Waals surface area contributed by atoms with Crippen LogP contribution in [0.15, 0.2) is 0 Å². The van der Waals surface area contributed by atoms with Gasteiger partial charge in [0.25, 0.3) is 0 Å². The van der Waals surface area contributed by atoms with Gasteiger partial charge in [-0.15, -0.1) is 0 Å².